The van der Waals surface area contributed by atoms with E-state index in [9.17, 15) is 9.59 Å². The number of nitrogens with zero attached hydrogens (tertiary/aromatic N) is 4. The van der Waals surface area contributed by atoms with Crippen LogP contribution in [-0.4, -0.2) is 71.1 Å². The van der Waals surface area contributed by atoms with Crippen molar-refractivity contribution >= 4 is 85.6 Å². The molecular formula is C29H33Cl3N4O2S2. The molecule has 3 aromatic rings. The smallest absolute Gasteiger partial charge is 0.230 e. The van der Waals surface area contributed by atoms with Gasteiger partial charge in [-0.25, -0.2) is 4.98 Å². The van der Waals surface area contributed by atoms with Crippen LogP contribution in [0.1, 0.15) is 39.0 Å². The summed E-state index contributed by atoms with van der Waals surface area (Å²) in [5, 5.41) is 2.20. The molecule has 2 aliphatic rings. The molecule has 0 aliphatic carbocycles. The zero-order chi connectivity index (χ0) is 28.2. The normalized spacial score (nSPS) is 17.4. The summed E-state index contributed by atoms with van der Waals surface area (Å²) in [7, 11) is 0. The second-order valence-corrected chi connectivity index (χ2v) is 14.3. The maximum absolute atomic E-state index is 13.7. The molecule has 1 aromatic heterocycles. The molecular weight excluding hydrogens is 607 g/mol. The van der Waals surface area contributed by atoms with Crippen LogP contribution in [0, 0.1) is 5.92 Å². The second-order valence-electron chi connectivity index (χ2n) is 10.5. The molecule has 11 heteroatoms. The van der Waals surface area contributed by atoms with Crippen molar-refractivity contribution in [1.29, 1.82) is 0 Å². The number of thiazole rings is 1. The largest absolute Gasteiger partial charge is 0.343 e. The van der Waals surface area contributed by atoms with Gasteiger partial charge < -0.3 is 14.7 Å². The molecule has 2 amide bonds. The van der Waals surface area contributed by atoms with E-state index in [1.165, 1.54) is 4.70 Å². The number of anilines is 1. The van der Waals surface area contributed by atoms with Gasteiger partial charge >= 0.3 is 0 Å². The third-order valence-electron chi connectivity index (χ3n) is 7.76. The first kappa shape index (κ1) is 29.9. The highest BCUT2D eigenvalue weighted by molar-refractivity contribution is 8.01. The first-order valence-electron chi connectivity index (χ1n) is 13.7. The summed E-state index contributed by atoms with van der Waals surface area (Å²) in [6, 6.07) is 11.3. The minimum atomic E-state index is -0.101. The Kier molecular flexibility index (Phi) is 10.2. The predicted octanol–water partition coefficient (Wildman–Crippen LogP) is 7.49. The van der Waals surface area contributed by atoms with Gasteiger partial charge in [-0.1, -0.05) is 46.6 Å². The number of rotatable bonds is 8. The standard InChI is InChI=1S/C29H33Cl3N4O2S2/c1-19(37)35-15-7-20(8-16-35)28(38)36(22-4-5-24(31)25(32)18-22)12-2-11-34-13-9-23(10-14-34)39-29-33-26-17-21(30)3-6-27(26)40-29/h3-6,17-18,20,23H,2,7-16H2,1H3. The number of piperidine rings is 2. The van der Waals surface area contributed by atoms with E-state index >= 15 is 0 Å². The number of fused-ring (bicyclic) bond motifs is 1. The van der Waals surface area contributed by atoms with Crippen LogP contribution in [0.3, 0.4) is 0 Å². The lowest BCUT2D eigenvalue weighted by atomic mass is 9.94. The number of carbonyl (C=O) groups excluding carboxylic acids is 2. The van der Waals surface area contributed by atoms with Crippen molar-refractivity contribution in [3.05, 3.63) is 51.5 Å². The van der Waals surface area contributed by atoms with E-state index in [2.05, 4.69) is 4.90 Å². The lowest BCUT2D eigenvalue weighted by molar-refractivity contribution is -0.133. The minimum absolute atomic E-state index is 0.0689. The van der Waals surface area contributed by atoms with Gasteiger partial charge in [-0.2, -0.15) is 0 Å². The Hall–Kier alpha value is -1.55. The van der Waals surface area contributed by atoms with Crippen LogP contribution < -0.4 is 4.90 Å². The number of halogens is 3. The van der Waals surface area contributed by atoms with E-state index in [4.69, 9.17) is 39.8 Å². The van der Waals surface area contributed by atoms with Gasteiger partial charge in [-0.05, 0) is 88.1 Å². The van der Waals surface area contributed by atoms with Crippen LogP contribution in [0.5, 0.6) is 0 Å². The van der Waals surface area contributed by atoms with Crippen LogP contribution in [0.4, 0.5) is 5.69 Å². The summed E-state index contributed by atoms with van der Waals surface area (Å²) in [6.07, 6.45) is 4.47. The molecule has 2 saturated heterocycles. The lowest BCUT2D eigenvalue weighted by Gasteiger charge is -2.35. The topological polar surface area (TPSA) is 56.8 Å². The number of amides is 2. The number of benzene rings is 2. The van der Waals surface area contributed by atoms with Gasteiger partial charge in [-0.15, -0.1) is 11.3 Å². The number of carbonyl (C=O) groups is 2. The van der Waals surface area contributed by atoms with Crippen LogP contribution in [0.25, 0.3) is 10.2 Å². The molecule has 6 nitrogen and oxygen atoms in total. The number of hydrogen-bond acceptors (Lipinski definition) is 6. The molecule has 40 heavy (non-hydrogen) atoms. The van der Waals surface area contributed by atoms with Crippen molar-refractivity contribution in [2.45, 2.75) is 48.6 Å². The highest BCUT2D eigenvalue weighted by Gasteiger charge is 2.30. The van der Waals surface area contributed by atoms with Gasteiger partial charge in [-0.3, -0.25) is 9.59 Å². The molecule has 3 heterocycles. The zero-order valence-electron chi connectivity index (χ0n) is 22.5. The maximum atomic E-state index is 13.7. The Balaban J connectivity index is 1.14. The van der Waals surface area contributed by atoms with E-state index in [0.717, 1.165) is 59.5 Å². The molecule has 5 rings (SSSR count). The van der Waals surface area contributed by atoms with Crippen LogP contribution in [0.2, 0.25) is 15.1 Å². The van der Waals surface area contributed by atoms with Gasteiger partial charge in [0.05, 0.1) is 20.3 Å². The van der Waals surface area contributed by atoms with Gasteiger partial charge in [0.1, 0.15) is 0 Å². The van der Waals surface area contributed by atoms with Gasteiger partial charge in [0, 0.05) is 48.4 Å². The maximum Gasteiger partial charge on any atom is 0.230 e. The van der Waals surface area contributed by atoms with Crippen molar-refractivity contribution in [2.75, 3.05) is 44.2 Å². The van der Waals surface area contributed by atoms with Crippen molar-refractivity contribution in [2.24, 2.45) is 5.92 Å². The third-order valence-corrected chi connectivity index (χ3v) is 11.2. The summed E-state index contributed by atoms with van der Waals surface area (Å²) in [5.41, 5.74) is 1.75. The lowest BCUT2D eigenvalue weighted by Crippen LogP contribution is -2.45. The molecule has 0 radical (unpaired) electrons. The van der Waals surface area contributed by atoms with E-state index < -0.39 is 0 Å². The fourth-order valence-electron chi connectivity index (χ4n) is 5.46. The van der Waals surface area contributed by atoms with Crippen LogP contribution in [-0.2, 0) is 9.59 Å². The van der Waals surface area contributed by atoms with Crippen molar-refractivity contribution in [1.82, 2.24) is 14.8 Å². The first-order valence-corrected chi connectivity index (χ1v) is 16.6. The quantitative estimate of drug-likeness (QED) is 0.256. The Morgan fingerprint density at radius 2 is 1.75 bits per heavy atom. The van der Waals surface area contributed by atoms with Crippen LogP contribution >= 0.6 is 57.9 Å². The third kappa shape index (κ3) is 7.44. The van der Waals surface area contributed by atoms with E-state index in [1.807, 2.05) is 45.8 Å². The number of aromatic nitrogens is 1. The number of likely N-dealkylation sites (tertiary alicyclic amines) is 2. The molecule has 0 unspecified atom stereocenters. The van der Waals surface area contributed by atoms with E-state index in [0.29, 0.717) is 47.8 Å². The van der Waals surface area contributed by atoms with Crippen LogP contribution in [0.15, 0.2) is 40.7 Å². The Morgan fingerprint density at radius 1 is 1.00 bits per heavy atom. The summed E-state index contributed by atoms with van der Waals surface area (Å²) in [4.78, 5) is 36.4. The summed E-state index contributed by atoms with van der Waals surface area (Å²) in [6.45, 7) is 6.47. The molecule has 214 valence electrons. The number of thioether (sulfide) groups is 1. The SMILES string of the molecule is CC(=O)N1CCC(C(=O)N(CCCN2CCC(Sc3nc4cc(Cl)ccc4s3)CC2)c2ccc(Cl)c(Cl)c2)CC1. The first-order chi connectivity index (χ1) is 19.3. The molecule has 0 spiro atoms. The van der Waals surface area contributed by atoms with Crippen molar-refractivity contribution in [3.8, 4) is 0 Å². The van der Waals surface area contributed by atoms with Gasteiger partial charge in [0.2, 0.25) is 11.8 Å². The van der Waals surface area contributed by atoms with Gasteiger partial charge in [0.25, 0.3) is 0 Å². The fraction of sp³-hybridized carbons (Fsp3) is 0.483. The monoisotopic (exact) mass is 638 g/mol. The summed E-state index contributed by atoms with van der Waals surface area (Å²) in [5.74, 6) is 0.0737. The molecule has 2 aliphatic heterocycles. The van der Waals surface area contributed by atoms with E-state index in [1.54, 1.807) is 30.4 Å². The Morgan fingerprint density at radius 3 is 2.45 bits per heavy atom. The fourth-order valence-corrected chi connectivity index (χ4v) is 8.35. The van der Waals surface area contributed by atoms with Crippen molar-refractivity contribution < 1.29 is 9.59 Å². The minimum Gasteiger partial charge on any atom is -0.343 e. The second kappa shape index (κ2) is 13.6. The van der Waals surface area contributed by atoms with Gasteiger partial charge in [0.15, 0.2) is 4.34 Å². The zero-order valence-corrected chi connectivity index (χ0v) is 26.4. The summed E-state index contributed by atoms with van der Waals surface area (Å²) >= 11 is 22.2. The molecule has 2 aromatic carbocycles. The molecule has 0 atom stereocenters. The molecule has 0 bridgehead atoms. The molecule has 0 N–H and O–H groups in total. The Labute approximate surface area is 258 Å². The molecule has 0 saturated carbocycles. The highest BCUT2D eigenvalue weighted by Crippen LogP contribution is 2.36. The average Bonchev–Trinajstić information content (AvgIpc) is 3.34. The molecule has 2 fully saturated rings. The Bertz CT molecular complexity index is 1350. The predicted molar refractivity (Wildman–Crippen MR) is 168 cm³/mol. The summed E-state index contributed by atoms with van der Waals surface area (Å²) < 4.78 is 2.29. The number of hydrogen-bond donors (Lipinski definition) is 0. The highest BCUT2D eigenvalue weighted by atomic mass is 35.5. The van der Waals surface area contributed by atoms with Crippen molar-refractivity contribution in [3.63, 3.8) is 0 Å². The average molecular weight is 640 g/mol. The van der Waals surface area contributed by atoms with E-state index in [-0.39, 0.29) is 17.7 Å².